The minimum absolute atomic E-state index is 0.282. The van der Waals surface area contributed by atoms with Gasteiger partial charge in [-0.1, -0.05) is 26.2 Å². The average Bonchev–Trinajstić information content (AvgIpc) is 2.95. The number of rotatable bonds is 3. The quantitative estimate of drug-likeness (QED) is 0.853. The molecule has 1 aliphatic heterocycles. The van der Waals surface area contributed by atoms with E-state index in [4.69, 9.17) is 10.5 Å². The minimum atomic E-state index is 0.282. The van der Waals surface area contributed by atoms with Gasteiger partial charge < -0.3 is 10.5 Å². The molecule has 1 heterocycles. The van der Waals surface area contributed by atoms with Crippen molar-refractivity contribution in [2.75, 3.05) is 19.7 Å². The number of morpholine rings is 1. The van der Waals surface area contributed by atoms with Crippen molar-refractivity contribution in [3.8, 4) is 0 Å². The van der Waals surface area contributed by atoms with E-state index in [1.54, 1.807) is 0 Å². The first-order chi connectivity index (χ1) is 9.31. The summed E-state index contributed by atoms with van der Waals surface area (Å²) < 4.78 is 6.00. The Morgan fingerprint density at radius 2 is 2.11 bits per heavy atom. The second-order valence-electron chi connectivity index (χ2n) is 6.76. The highest BCUT2D eigenvalue weighted by atomic mass is 16.5. The van der Waals surface area contributed by atoms with Crippen LogP contribution < -0.4 is 5.73 Å². The molecule has 0 aromatic carbocycles. The number of ether oxygens (including phenoxy) is 1. The van der Waals surface area contributed by atoms with Crippen LogP contribution in [0.1, 0.15) is 58.3 Å². The first kappa shape index (κ1) is 13.8. The third kappa shape index (κ3) is 2.24. The van der Waals surface area contributed by atoms with Gasteiger partial charge in [-0.05, 0) is 38.0 Å². The van der Waals surface area contributed by atoms with Crippen molar-refractivity contribution in [2.45, 2.75) is 76.0 Å². The number of nitrogens with zero attached hydrogens (tertiary/aromatic N) is 1. The lowest BCUT2D eigenvalue weighted by atomic mass is 9.69. The van der Waals surface area contributed by atoms with Crippen molar-refractivity contribution in [1.82, 2.24) is 4.90 Å². The van der Waals surface area contributed by atoms with Gasteiger partial charge in [-0.25, -0.2) is 0 Å². The summed E-state index contributed by atoms with van der Waals surface area (Å²) in [6.45, 7) is 5.22. The Balaban J connectivity index is 1.86. The molecule has 0 amide bonds. The van der Waals surface area contributed by atoms with Crippen LogP contribution in [0.4, 0.5) is 0 Å². The lowest BCUT2D eigenvalue weighted by molar-refractivity contribution is -0.122. The summed E-state index contributed by atoms with van der Waals surface area (Å²) >= 11 is 0. The second kappa shape index (κ2) is 5.71. The SMILES string of the molecule is CCC1CCCCC1(CN)N1CCOC2CCCC21. The van der Waals surface area contributed by atoms with Gasteiger partial charge in [0.15, 0.2) is 0 Å². The zero-order chi connectivity index (χ0) is 13.3. The number of hydrogen-bond donors (Lipinski definition) is 1. The molecule has 3 aliphatic rings. The van der Waals surface area contributed by atoms with Crippen molar-refractivity contribution < 1.29 is 4.74 Å². The molecule has 0 aromatic rings. The van der Waals surface area contributed by atoms with Gasteiger partial charge in [-0.2, -0.15) is 0 Å². The van der Waals surface area contributed by atoms with Crippen LogP contribution in [0.15, 0.2) is 0 Å². The zero-order valence-corrected chi connectivity index (χ0v) is 12.4. The van der Waals surface area contributed by atoms with Crippen LogP contribution in [0.25, 0.3) is 0 Å². The summed E-state index contributed by atoms with van der Waals surface area (Å²) in [4.78, 5) is 2.81. The largest absolute Gasteiger partial charge is 0.375 e. The van der Waals surface area contributed by atoms with E-state index < -0.39 is 0 Å². The van der Waals surface area contributed by atoms with Gasteiger partial charge in [0.25, 0.3) is 0 Å². The van der Waals surface area contributed by atoms with E-state index in [-0.39, 0.29) is 5.54 Å². The highest BCUT2D eigenvalue weighted by Gasteiger charge is 2.49. The molecule has 4 atom stereocenters. The minimum Gasteiger partial charge on any atom is -0.375 e. The summed E-state index contributed by atoms with van der Waals surface area (Å²) in [6.07, 6.45) is 11.2. The molecular formula is C16H30N2O. The third-order valence-corrected chi connectivity index (χ3v) is 6.07. The van der Waals surface area contributed by atoms with E-state index in [9.17, 15) is 0 Å². The highest BCUT2D eigenvalue weighted by Crippen LogP contribution is 2.44. The molecule has 2 saturated carbocycles. The number of hydrogen-bond acceptors (Lipinski definition) is 3. The van der Waals surface area contributed by atoms with Gasteiger partial charge in [0, 0.05) is 24.7 Å². The van der Waals surface area contributed by atoms with Crippen LogP contribution in [0, 0.1) is 5.92 Å². The predicted octanol–water partition coefficient (Wildman–Crippen LogP) is 2.54. The van der Waals surface area contributed by atoms with Crippen molar-refractivity contribution in [2.24, 2.45) is 11.7 Å². The Morgan fingerprint density at radius 1 is 1.21 bits per heavy atom. The van der Waals surface area contributed by atoms with Crippen LogP contribution in [0.2, 0.25) is 0 Å². The monoisotopic (exact) mass is 266 g/mol. The lowest BCUT2D eigenvalue weighted by Gasteiger charge is -2.55. The fourth-order valence-electron chi connectivity index (χ4n) is 5.12. The maximum atomic E-state index is 6.34. The zero-order valence-electron chi connectivity index (χ0n) is 12.4. The van der Waals surface area contributed by atoms with E-state index in [0.29, 0.717) is 12.1 Å². The molecule has 1 saturated heterocycles. The summed E-state index contributed by atoms with van der Waals surface area (Å²) in [7, 11) is 0. The first-order valence-electron chi connectivity index (χ1n) is 8.40. The summed E-state index contributed by atoms with van der Waals surface area (Å²) in [5, 5.41) is 0. The molecule has 0 aromatic heterocycles. The van der Waals surface area contributed by atoms with Gasteiger partial charge in [0.1, 0.15) is 0 Å². The molecular weight excluding hydrogens is 236 g/mol. The molecule has 110 valence electrons. The fourth-order valence-corrected chi connectivity index (χ4v) is 5.12. The van der Waals surface area contributed by atoms with E-state index in [1.807, 2.05) is 0 Å². The first-order valence-corrected chi connectivity index (χ1v) is 8.40. The molecule has 2 N–H and O–H groups in total. The van der Waals surface area contributed by atoms with Gasteiger partial charge in [-0.3, -0.25) is 4.90 Å². The molecule has 3 heteroatoms. The van der Waals surface area contributed by atoms with E-state index in [1.165, 1.54) is 51.4 Å². The van der Waals surface area contributed by atoms with Gasteiger partial charge in [-0.15, -0.1) is 0 Å². The fraction of sp³-hybridized carbons (Fsp3) is 1.00. The Kier molecular flexibility index (Phi) is 4.16. The van der Waals surface area contributed by atoms with Crippen molar-refractivity contribution in [1.29, 1.82) is 0 Å². The van der Waals surface area contributed by atoms with Crippen molar-refractivity contribution in [3.63, 3.8) is 0 Å². The predicted molar refractivity (Wildman–Crippen MR) is 78.1 cm³/mol. The van der Waals surface area contributed by atoms with Crippen LogP contribution in [0.3, 0.4) is 0 Å². The standard InChI is InChI=1S/C16H30N2O/c1-2-13-6-3-4-9-16(13,12-17)18-10-11-19-15-8-5-7-14(15)18/h13-15H,2-12,17H2,1H3. The molecule has 0 radical (unpaired) electrons. The Morgan fingerprint density at radius 3 is 2.89 bits per heavy atom. The van der Waals surface area contributed by atoms with E-state index >= 15 is 0 Å². The molecule has 4 unspecified atom stereocenters. The second-order valence-corrected chi connectivity index (χ2v) is 6.76. The lowest BCUT2D eigenvalue weighted by Crippen LogP contribution is -2.66. The van der Waals surface area contributed by atoms with Gasteiger partial charge >= 0.3 is 0 Å². The molecule has 3 rings (SSSR count). The molecule has 3 nitrogen and oxygen atoms in total. The van der Waals surface area contributed by atoms with Crippen LogP contribution in [0.5, 0.6) is 0 Å². The number of fused-ring (bicyclic) bond motifs is 1. The average molecular weight is 266 g/mol. The molecule has 3 fully saturated rings. The van der Waals surface area contributed by atoms with Crippen molar-refractivity contribution >= 4 is 0 Å². The Labute approximate surface area is 117 Å². The van der Waals surface area contributed by atoms with Gasteiger partial charge in [0.2, 0.25) is 0 Å². The maximum Gasteiger partial charge on any atom is 0.0731 e. The smallest absolute Gasteiger partial charge is 0.0731 e. The summed E-state index contributed by atoms with van der Waals surface area (Å²) in [6, 6.07) is 0.657. The molecule has 2 aliphatic carbocycles. The van der Waals surface area contributed by atoms with Crippen LogP contribution in [-0.4, -0.2) is 42.3 Å². The summed E-state index contributed by atoms with van der Waals surface area (Å²) in [5.41, 5.74) is 6.62. The Bertz CT molecular complexity index is 309. The number of nitrogens with two attached hydrogens (primary N) is 1. The van der Waals surface area contributed by atoms with E-state index in [2.05, 4.69) is 11.8 Å². The Hall–Kier alpha value is -0.120. The van der Waals surface area contributed by atoms with E-state index in [0.717, 1.165) is 25.6 Å². The van der Waals surface area contributed by atoms with Crippen LogP contribution in [-0.2, 0) is 4.74 Å². The third-order valence-electron chi connectivity index (χ3n) is 6.07. The topological polar surface area (TPSA) is 38.5 Å². The molecule has 0 bridgehead atoms. The van der Waals surface area contributed by atoms with Crippen LogP contribution >= 0.6 is 0 Å². The van der Waals surface area contributed by atoms with Crippen molar-refractivity contribution in [3.05, 3.63) is 0 Å². The molecule has 0 spiro atoms. The summed E-state index contributed by atoms with van der Waals surface area (Å²) in [5.74, 6) is 0.797. The normalized spacial score (nSPS) is 44.2. The maximum absolute atomic E-state index is 6.34. The molecule has 19 heavy (non-hydrogen) atoms. The van der Waals surface area contributed by atoms with Gasteiger partial charge in [0.05, 0.1) is 12.7 Å². The highest BCUT2D eigenvalue weighted by molar-refractivity contribution is 5.05.